The summed E-state index contributed by atoms with van der Waals surface area (Å²) in [5, 5.41) is 0. The monoisotopic (exact) mass is 300 g/mol. The van der Waals surface area contributed by atoms with Gasteiger partial charge in [0.1, 0.15) is 0 Å². The quantitative estimate of drug-likeness (QED) is 0.766. The molecule has 0 spiro atoms. The largest absolute Gasteiger partial charge is 0.294 e. The number of hydrogen-bond donors (Lipinski definition) is 0. The molecule has 2 aromatic carbocycles. The van der Waals surface area contributed by atoms with Crippen molar-refractivity contribution in [2.24, 2.45) is 5.92 Å². The molecule has 0 aromatic heterocycles. The molecule has 1 aliphatic rings. The fourth-order valence-electron chi connectivity index (χ4n) is 2.41. The van der Waals surface area contributed by atoms with E-state index < -0.39 is 0 Å². The molecule has 0 amide bonds. The van der Waals surface area contributed by atoms with Gasteiger partial charge >= 0.3 is 0 Å². The van der Waals surface area contributed by atoms with Crippen molar-refractivity contribution in [1.82, 2.24) is 0 Å². The summed E-state index contributed by atoms with van der Waals surface area (Å²) in [5.41, 5.74) is 2.10. The number of halogens is 1. The summed E-state index contributed by atoms with van der Waals surface area (Å²) >= 11 is 3.41. The highest BCUT2D eigenvalue weighted by Crippen LogP contribution is 2.49. The Bertz CT molecular complexity index is 577. The second-order valence-electron chi connectivity index (χ2n) is 4.73. The highest BCUT2D eigenvalue weighted by atomic mass is 79.9. The zero-order valence-corrected chi connectivity index (χ0v) is 11.4. The molecule has 2 atom stereocenters. The molecule has 0 heterocycles. The Kier molecular flexibility index (Phi) is 3.04. The van der Waals surface area contributed by atoms with Crippen molar-refractivity contribution in [3.8, 4) is 0 Å². The van der Waals surface area contributed by atoms with Crippen LogP contribution in [0.2, 0.25) is 0 Å². The van der Waals surface area contributed by atoms with E-state index in [-0.39, 0.29) is 11.7 Å². The second kappa shape index (κ2) is 4.69. The molecular formula is C16H13BrO. The van der Waals surface area contributed by atoms with Crippen molar-refractivity contribution < 1.29 is 4.79 Å². The molecule has 2 heteroatoms. The summed E-state index contributed by atoms with van der Waals surface area (Å²) in [5.74, 6) is 0.851. The lowest BCUT2D eigenvalue weighted by Gasteiger charge is -2.01. The van der Waals surface area contributed by atoms with Gasteiger partial charge in [0, 0.05) is 16.0 Å². The number of rotatable bonds is 3. The number of carbonyl (C=O) groups is 1. The highest BCUT2D eigenvalue weighted by Gasteiger charge is 2.43. The fraction of sp³-hybridized carbons (Fsp3) is 0.188. The molecule has 1 fully saturated rings. The average Bonchev–Trinajstić information content (AvgIpc) is 3.19. The van der Waals surface area contributed by atoms with E-state index in [9.17, 15) is 4.79 Å². The molecule has 2 aromatic rings. The maximum atomic E-state index is 12.3. The molecule has 0 saturated heterocycles. The average molecular weight is 301 g/mol. The van der Waals surface area contributed by atoms with Crippen LogP contribution in [0.15, 0.2) is 59.1 Å². The molecule has 1 aliphatic carbocycles. The summed E-state index contributed by atoms with van der Waals surface area (Å²) in [7, 11) is 0. The Morgan fingerprint density at radius 1 is 1.06 bits per heavy atom. The summed E-state index contributed by atoms with van der Waals surface area (Å²) < 4.78 is 0.963. The zero-order chi connectivity index (χ0) is 12.5. The Labute approximate surface area is 115 Å². The van der Waals surface area contributed by atoms with Gasteiger partial charge in [-0.3, -0.25) is 4.79 Å². The van der Waals surface area contributed by atoms with E-state index >= 15 is 0 Å². The summed E-state index contributed by atoms with van der Waals surface area (Å²) in [4.78, 5) is 12.3. The predicted octanol–water partition coefficient (Wildman–Crippen LogP) is 4.44. The number of ketones is 1. The van der Waals surface area contributed by atoms with Crippen LogP contribution in [0.5, 0.6) is 0 Å². The van der Waals surface area contributed by atoms with E-state index in [2.05, 4.69) is 28.1 Å². The van der Waals surface area contributed by atoms with Crippen LogP contribution in [-0.2, 0) is 0 Å². The molecule has 3 rings (SSSR count). The van der Waals surface area contributed by atoms with E-state index in [0.717, 1.165) is 16.5 Å². The maximum absolute atomic E-state index is 12.3. The topological polar surface area (TPSA) is 17.1 Å². The molecule has 2 unspecified atom stereocenters. The molecule has 90 valence electrons. The summed E-state index contributed by atoms with van der Waals surface area (Å²) in [6, 6.07) is 18.0. The molecular weight excluding hydrogens is 288 g/mol. The predicted molar refractivity (Wildman–Crippen MR) is 75.8 cm³/mol. The van der Waals surface area contributed by atoms with Crippen molar-refractivity contribution in [3.05, 3.63) is 70.2 Å². The maximum Gasteiger partial charge on any atom is 0.166 e. The third kappa shape index (κ3) is 2.25. The molecule has 0 N–H and O–H groups in total. The highest BCUT2D eigenvalue weighted by molar-refractivity contribution is 9.10. The van der Waals surface area contributed by atoms with Crippen LogP contribution in [0.1, 0.15) is 28.3 Å². The van der Waals surface area contributed by atoms with E-state index in [0.29, 0.717) is 5.92 Å². The third-order valence-corrected chi connectivity index (χ3v) is 3.96. The van der Waals surface area contributed by atoms with Crippen LogP contribution in [0.4, 0.5) is 0 Å². The number of carbonyl (C=O) groups excluding carboxylic acids is 1. The minimum Gasteiger partial charge on any atom is -0.294 e. The van der Waals surface area contributed by atoms with Gasteiger partial charge in [-0.25, -0.2) is 0 Å². The van der Waals surface area contributed by atoms with Gasteiger partial charge in [-0.2, -0.15) is 0 Å². The smallest absolute Gasteiger partial charge is 0.166 e. The van der Waals surface area contributed by atoms with Crippen molar-refractivity contribution in [2.75, 3.05) is 0 Å². The van der Waals surface area contributed by atoms with Gasteiger partial charge in [-0.15, -0.1) is 0 Å². The Hall–Kier alpha value is -1.41. The Balaban J connectivity index is 1.77. The molecule has 0 aliphatic heterocycles. The zero-order valence-electron chi connectivity index (χ0n) is 9.84. The Morgan fingerprint density at radius 2 is 1.83 bits per heavy atom. The first-order valence-corrected chi connectivity index (χ1v) is 6.90. The number of hydrogen-bond acceptors (Lipinski definition) is 1. The molecule has 1 nitrogen and oxygen atoms in total. The van der Waals surface area contributed by atoms with Crippen LogP contribution in [0.25, 0.3) is 0 Å². The van der Waals surface area contributed by atoms with Crippen molar-refractivity contribution in [1.29, 1.82) is 0 Å². The van der Waals surface area contributed by atoms with E-state index in [1.807, 2.05) is 42.5 Å². The first-order chi connectivity index (χ1) is 8.75. The first-order valence-electron chi connectivity index (χ1n) is 6.10. The number of Topliss-reactive ketones (excluding diaryl/α,β-unsaturated/α-hetero) is 1. The lowest BCUT2D eigenvalue weighted by Crippen LogP contribution is -2.02. The molecule has 0 bridgehead atoms. The van der Waals surface area contributed by atoms with Crippen LogP contribution >= 0.6 is 15.9 Å². The van der Waals surface area contributed by atoms with Crippen LogP contribution in [0, 0.1) is 5.92 Å². The molecule has 0 radical (unpaired) electrons. The minimum absolute atomic E-state index is 0.168. The van der Waals surface area contributed by atoms with Crippen LogP contribution in [0.3, 0.4) is 0 Å². The fourth-order valence-corrected chi connectivity index (χ4v) is 2.81. The van der Waals surface area contributed by atoms with Gasteiger partial charge in [0.15, 0.2) is 5.78 Å². The summed E-state index contributed by atoms with van der Waals surface area (Å²) in [6.45, 7) is 0. The standard InChI is InChI=1S/C16H13BrO/c17-13-8-4-7-12(9-13)16(18)15-10-14(15)11-5-2-1-3-6-11/h1-9,14-15H,10H2. The van der Waals surface area contributed by atoms with Crippen molar-refractivity contribution in [3.63, 3.8) is 0 Å². The lowest BCUT2D eigenvalue weighted by atomic mass is 10.0. The SMILES string of the molecule is O=C(c1cccc(Br)c1)C1CC1c1ccccc1. The lowest BCUT2D eigenvalue weighted by molar-refractivity contribution is 0.0965. The van der Waals surface area contributed by atoms with Gasteiger partial charge in [0.2, 0.25) is 0 Å². The van der Waals surface area contributed by atoms with Crippen molar-refractivity contribution in [2.45, 2.75) is 12.3 Å². The normalized spacial score (nSPS) is 21.6. The van der Waals surface area contributed by atoms with Gasteiger partial charge < -0.3 is 0 Å². The van der Waals surface area contributed by atoms with Crippen LogP contribution in [-0.4, -0.2) is 5.78 Å². The van der Waals surface area contributed by atoms with Gasteiger partial charge in [0.25, 0.3) is 0 Å². The van der Waals surface area contributed by atoms with E-state index in [1.165, 1.54) is 5.56 Å². The molecule has 18 heavy (non-hydrogen) atoms. The van der Waals surface area contributed by atoms with Gasteiger partial charge in [0.05, 0.1) is 0 Å². The minimum atomic E-state index is 0.168. The first kappa shape index (κ1) is 11.7. The number of benzene rings is 2. The van der Waals surface area contributed by atoms with Gasteiger partial charge in [-0.05, 0) is 30.0 Å². The van der Waals surface area contributed by atoms with Crippen molar-refractivity contribution >= 4 is 21.7 Å². The summed E-state index contributed by atoms with van der Waals surface area (Å²) in [6.07, 6.45) is 0.982. The van der Waals surface area contributed by atoms with E-state index in [1.54, 1.807) is 0 Å². The third-order valence-electron chi connectivity index (χ3n) is 3.46. The molecule has 1 saturated carbocycles. The van der Waals surface area contributed by atoms with Crippen LogP contribution < -0.4 is 0 Å². The Morgan fingerprint density at radius 3 is 2.56 bits per heavy atom. The van der Waals surface area contributed by atoms with Gasteiger partial charge in [-0.1, -0.05) is 58.4 Å². The van der Waals surface area contributed by atoms with E-state index in [4.69, 9.17) is 0 Å². The second-order valence-corrected chi connectivity index (χ2v) is 5.65.